The van der Waals surface area contributed by atoms with Gasteiger partial charge < -0.3 is 10.1 Å². The fourth-order valence-corrected chi connectivity index (χ4v) is 2.52. The van der Waals surface area contributed by atoms with Crippen LogP contribution in [0.3, 0.4) is 0 Å². The lowest BCUT2D eigenvalue weighted by Crippen LogP contribution is -2.43. The first-order chi connectivity index (χ1) is 10.1. The molecule has 1 aliphatic rings. The molecule has 0 bridgehead atoms. The molecule has 2 atom stereocenters. The number of nitrogens with zero attached hydrogens (tertiary/aromatic N) is 1. The molecular weight excluding hydrogens is 274 g/mol. The normalized spacial score (nSPS) is 21.6. The second-order valence-corrected chi connectivity index (χ2v) is 5.05. The summed E-state index contributed by atoms with van der Waals surface area (Å²) < 4.78 is 5.43. The van der Waals surface area contributed by atoms with Crippen molar-refractivity contribution in [2.24, 2.45) is 0 Å². The van der Waals surface area contributed by atoms with E-state index in [0.29, 0.717) is 5.69 Å². The van der Waals surface area contributed by atoms with Crippen molar-refractivity contribution >= 4 is 17.5 Å². The molecule has 0 aromatic heterocycles. The van der Waals surface area contributed by atoms with E-state index in [-0.39, 0.29) is 17.8 Å². The Hall–Kier alpha value is -2.15. The van der Waals surface area contributed by atoms with E-state index >= 15 is 0 Å². The molecule has 2 rings (SSSR count). The zero-order valence-electron chi connectivity index (χ0n) is 11.9. The van der Waals surface area contributed by atoms with Crippen LogP contribution in [0.1, 0.15) is 25.7 Å². The van der Waals surface area contributed by atoms with Crippen LogP contribution in [0.15, 0.2) is 24.3 Å². The third-order valence-electron chi connectivity index (χ3n) is 3.66. The molecule has 0 aliphatic heterocycles. The lowest BCUT2D eigenvalue weighted by molar-refractivity contribution is -0.384. The molecule has 114 valence electrons. The van der Waals surface area contributed by atoms with Crippen LogP contribution in [-0.2, 0) is 4.74 Å². The van der Waals surface area contributed by atoms with Crippen LogP contribution in [0.25, 0.3) is 0 Å². The molecule has 0 spiro atoms. The van der Waals surface area contributed by atoms with Gasteiger partial charge in [-0.15, -0.1) is 0 Å². The van der Waals surface area contributed by atoms with Crippen molar-refractivity contribution in [3.8, 4) is 0 Å². The third kappa shape index (κ3) is 4.16. The van der Waals surface area contributed by atoms with E-state index in [9.17, 15) is 14.9 Å². The van der Waals surface area contributed by atoms with Gasteiger partial charge in [-0.05, 0) is 38.4 Å². The molecule has 7 nitrogen and oxygen atoms in total. The average molecular weight is 293 g/mol. The molecule has 0 heterocycles. The number of likely N-dealkylation sites (N-methyl/N-ethyl adjacent to an activating group) is 1. The van der Waals surface area contributed by atoms with E-state index in [1.807, 2.05) is 7.05 Å². The Labute approximate surface area is 122 Å². The molecule has 0 radical (unpaired) electrons. The second-order valence-electron chi connectivity index (χ2n) is 5.05. The predicted molar refractivity (Wildman–Crippen MR) is 78.3 cm³/mol. The molecule has 21 heavy (non-hydrogen) atoms. The number of nitrogens with one attached hydrogen (secondary N) is 2. The fourth-order valence-electron chi connectivity index (χ4n) is 2.52. The number of ether oxygens (including phenoxy) is 1. The number of carbonyl (C=O) groups is 1. The Morgan fingerprint density at radius 3 is 2.57 bits per heavy atom. The van der Waals surface area contributed by atoms with Gasteiger partial charge in [0, 0.05) is 23.9 Å². The summed E-state index contributed by atoms with van der Waals surface area (Å²) in [6, 6.07) is 5.83. The van der Waals surface area contributed by atoms with Gasteiger partial charge in [0.15, 0.2) is 0 Å². The van der Waals surface area contributed by atoms with Crippen molar-refractivity contribution in [1.82, 2.24) is 5.32 Å². The van der Waals surface area contributed by atoms with Gasteiger partial charge in [0.25, 0.3) is 5.69 Å². The largest absolute Gasteiger partial charge is 0.444 e. The summed E-state index contributed by atoms with van der Waals surface area (Å²) in [6.07, 6.45) is 3.35. The Kier molecular flexibility index (Phi) is 5.10. The summed E-state index contributed by atoms with van der Waals surface area (Å²) in [6.45, 7) is 0. The fraction of sp³-hybridized carbons (Fsp3) is 0.500. The van der Waals surface area contributed by atoms with Gasteiger partial charge in [0.05, 0.1) is 4.92 Å². The van der Waals surface area contributed by atoms with E-state index < -0.39 is 11.0 Å². The first-order valence-corrected chi connectivity index (χ1v) is 6.99. The zero-order chi connectivity index (χ0) is 15.2. The van der Waals surface area contributed by atoms with Gasteiger partial charge in [0.2, 0.25) is 0 Å². The topological polar surface area (TPSA) is 93.5 Å². The van der Waals surface area contributed by atoms with Crippen LogP contribution < -0.4 is 10.6 Å². The van der Waals surface area contributed by atoms with Gasteiger partial charge in [-0.1, -0.05) is 6.42 Å². The van der Waals surface area contributed by atoms with E-state index in [1.54, 1.807) is 0 Å². The number of nitro benzene ring substituents is 1. The number of carbonyl (C=O) groups excluding carboxylic acids is 1. The van der Waals surface area contributed by atoms with Crippen molar-refractivity contribution in [3.05, 3.63) is 34.4 Å². The number of anilines is 1. The molecular formula is C14H19N3O4. The number of hydrogen-bond acceptors (Lipinski definition) is 5. The number of amides is 1. The minimum absolute atomic E-state index is 0.0172. The van der Waals surface area contributed by atoms with Crippen molar-refractivity contribution in [3.63, 3.8) is 0 Å². The summed E-state index contributed by atoms with van der Waals surface area (Å²) in [4.78, 5) is 21.9. The maximum Gasteiger partial charge on any atom is 0.411 e. The van der Waals surface area contributed by atoms with Crippen LogP contribution in [0.2, 0.25) is 0 Å². The van der Waals surface area contributed by atoms with Gasteiger partial charge >= 0.3 is 6.09 Å². The molecule has 1 aromatic carbocycles. The van der Waals surface area contributed by atoms with Gasteiger partial charge in [-0.2, -0.15) is 0 Å². The number of benzene rings is 1. The standard InChI is InChI=1S/C14H19N3O4/c1-15-12-4-2-3-5-13(12)21-14(18)16-10-6-8-11(9-7-10)17(19)20/h6-9,12-13,15H,2-5H2,1H3,(H,16,18). The average Bonchev–Trinajstić information content (AvgIpc) is 2.48. The smallest absolute Gasteiger partial charge is 0.411 e. The maximum absolute atomic E-state index is 11.9. The number of hydrogen-bond donors (Lipinski definition) is 2. The lowest BCUT2D eigenvalue weighted by atomic mass is 9.92. The summed E-state index contributed by atoms with van der Waals surface area (Å²) in [5.41, 5.74) is 0.457. The van der Waals surface area contributed by atoms with Crippen molar-refractivity contribution in [2.45, 2.75) is 37.8 Å². The van der Waals surface area contributed by atoms with E-state index in [1.165, 1.54) is 24.3 Å². The highest BCUT2D eigenvalue weighted by Gasteiger charge is 2.27. The highest BCUT2D eigenvalue weighted by molar-refractivity contribution is 5.84. The molecule has 1 amide bonds. The summed E-state index contributed by atoms with van der Waals surface area (Å²) >= 11 is 0. The van der Waals surface area contributed by atoms with Crippen LogP contribution in [0.5, 0.6) is 0 Å². The molecule has 2 unspecified atom stereocenters. The highest BCUT2D eigenvalue weighted by Crippen LogP contribution is 2.22. The van der Waals surface area contributed by atoms with Gasteiger partial charge in [-0.25, -0.2) is 4.79 Å². The lowest BCUT2D eigenvalue weighted by Gasteiger charge is -2.30. The molecule has 7 heteroatoms. The third-order valence-corrected chi connectivity index (χ3v) is 3.66. The van der Waals surface area contributed by atoms with Crippen molar-refractivity contribution in [2.75, 3.05) is 12.4 Å². The highest BCUT2D eigenvalue weighted by atomic mass is 16.6. The van der Waals surface area contributed by atoms with Crippen molar-refractivity contribution < 1.29 is 14.5 Å². The monoisotopic (exact) mass is 293 g/mol. The molecule has 1 fully saturated rings. The van der Waals surface area contributed by atoms with E-state index in [2.05, 4.69) is 10.6 Å². The minimum atomic E-state index is -0.531. The van der Waals surface area contributed by atoms with Crippen molar-refractivity contribution in [1.29, 1.82) is 0 Å². The SMILES string of the molecule is CNC1CCCCC1OC(=O)Nc1ccc([N+](=O)[O-])cc1. The van der Waals surface area contributed by atoms with Crippen LogP contribution >= 0.6 is 0 Å². The van der Waals surface area contributed by atoms with Crippen LogP contribution in [0.4, 0.5) is 16.2 Å². The molecule has 2 N–H and O–H groups in total. The molecule has 1 aliphatic carbocycles. The Bertz CT molecular complexity index is 503. The number of rotatable bonds is 4. The number of nitro groups is 1. The van der Waals surface area contributed by atoms with Crippen LogP contribution in [-0.4, -0.2) is 30.2 Å². The van der Waals surface area contributed by atoms with E-state index in [4.69, 9.17) is 4.74 Å². The predicted octanol–water partition coefficient (Wildman–Crippen LogP) is 2.67. The second kappa shape index (κ2) is 7.03. The molecule has 1 aromatic rings. The minimum Gasteiger partial charge on any atom is -0.444 e. The summed E-state index contributed by atoms with van der Waals surface area (Å²) in [5, 5.41) is 16.3. The Morgan fingerprint density at radius 2 is 1.95 bits per heavy atom. The summed E-state index contributed by atoms with van der Waals surface area (Å²) in [7, 11) is 1.86. The molecule has 1 saturated carbocycles. The first kappa shape index (κ1) is 15.2. The Morgan fingerprint density at radius 1 is 1.29 bits per heavy atom. The zero-order valence-corrected chi connectivity index (χ0v) is 11.9. The number of non-ortho nitro benzene ring substituents is 1. The van der Waals surface area contributed by atoms with E-state index in [0.717, 1.165) is 25.7 Å². The van der Waals surface area contributed by atoms with Crippen LogP contribution in [0, 0.1) is 10.1 Å². The van der Waals surface area contributed by atoms with Gasteiger partial charge in [-0.3, -0.25) is 15.4 Å². The maximum atomic E-state index is 11.9. The quantitative estimate of drug-likeness (QED) is 0.657. The van der Waals surface area contributed by atoms with Gasteiger partial charge in [0.1, 0.15) is 6.10 Å². The Balaban J connectivity index is 1.90. The molecule has 0 saturated heterocycles. The first-order valence-electron chi connectivity index (χ1n) is 6.99. The summed E-state index contributed by atoms with van der Waals surface area (Å²) in [5.74, 6) is 0.